The predicted molar refractivity (Wildman–Crippen MR) is 70.9 cm³/mol. The molecule has 0 aliphatic carbocycles. The molecule has 1 amide bonds. The number of aryl methyl sites for hydroxylation is 1. The van der Waals surface area contributed by atoms with Crippen molar-refractivity contribution in [1.82, 2.24) is 9.88 Å². The fraction of sp³-hybridized carbons (Fsp3) is 0.571. The average Bonchev–Trinajstić information content (AvgIpc) is 2.61. The monoisotopic (exact) mass is 247 g/mol. The highest BCUT2D eigenvalue weighted by Crippen LogP contribution is 2.28. The first kappa shape index (κ1) is 13.0. The van der Waals surface area contributed by atoms with Crippen LogP contribution in [-0.2, 0) is 11.2 Å². The van der Waals surface area contributed by atoms with E-state index < -0.39 is 0 Å². The molecule has 1 unspecified atom stereocenters. The van der Waals surface area contributed by atoms with E-state index in [0.717, 1.165) is 18.4 Å². The SMILES string of the molecule is CC1(C)CC(N)CN1C(=O)CCc1cccnc1. The Morgan fingerprint density at radius 1 is 1.61 bits per heavy atom. The van der Waals surface area contributed by atoms with Gasteiger partial charge in [0.25, 0.3) is 0 Å². The van der Waals surface area contributed by atoms with Crippen LogP contribution in [0.1, 0.15) is 32.3 Å². The average molecular weight is 247 g/mol. The maximum absolute atomic E-state index is 12.2. The molecule has 0 bridgehead atoms. The quantitative estimate of drug-likeness (QED) is 0.877. The summed E-state index contributed by atoms with van der Waals surface area (Å²) in [6, 6.07) is 4.01. The largest absolute Gasteiger partial charge is 0.336 e. The molecule has 1 saturated heterocycles. The topological polar surface area (TPSA) is 59.2 Å². The number of nitrogens with two attached hydrogens (primary N) is 1. The van der Waals surface area contributed by atoms with Crippen LogP contribution in [0.5, 0.6) is 0 Å². The van der Waals surface area contributed by atoms with E-state index in [4.69, 9.17) is 5.73 Å². The third-order valence-electron chi connectivity index (χ3n) is 3.56. The molecule has 1 aliphatic heterocycles. The van der Waals surface area contributed by atoms with E-state index >= 15 is 0 Å². The number of amides is 1. The lowest BCUT2D eigenvalue weighted by Crippen LogP contribution is -2.42. The Bertz CT molecular complexity index is 416. The van der Waals surface area contributed by atoms with Crippen LogP contribution in [0.25, 0.3) is 0 Å². The number of pyridine rings is 1. The molecular weight excluding hydrogens is 226 g/mol. The van der Waals surface area contributed by atoms with Crippen molar-refractivity contribution in [2.75, 3.05) is 6.54 Å². The Hall–Kier alpha value is -1.42. The lowest BCUT2D eigenvalue weighted by Gasteiger charge is -2.31. The Morgan fingerprint density at radius 2 is 2.39 bits per heavy atom. The minimum Gasteiger partial charge on any atom is -0.336 e. The van der Waals surface area contributed by atoms with Crippen molar-refractivity contribution in [2.45, 2.75) is 44.7 Å². The molecule has 1 aromatic heterocycles. The Kier molecular flexibility index (Phi) is 3.66. The van der Waals surface area contributed by atoms with Crippen molar-refractivity contribution in [3.8, 4) is 0 Å². The minimum absolute atomic E-state index is 0.106. The third kappa shape index (κ3) is 2.88. The van der Waals surface area contributed by atoms with Crippen LogP contribution in [0, 0.1) is 0 Å². The molecular formula is C14H21N3O. The molecule has 2 heterocycles. The summed E-state index contributed by atoms with van der Waals surface area (Å²) in [6.45, 7) is 4.85. The molecule has 1 aliphatic rings. The van der Waals surface area contributed by atoms with Crippen LogP contribution >= 0.6 is 0 Å². The van der Waals surface area contributed by atoms with Crippen molar-refractivity contribution in [3.05, 3.63) is 30.1 Å². The highest BCUT2D eigenvalue weighted by molar-refractivity contribution is 5.77. The van der Waals surface area contributed by atoms with Crippen LogP contribution in [0.3, 0.4) is 0 Å². The first-order valence-electron chi connectivity index (χ1n) is 6.44. The molecule has 1 fully saturated rings. The summed E-state index contributed by atoms with van der Waals surface area (Å²) in [4.78, 5) is 18.2. The highest BCUT2D eigenvalue weighted by atomic mass is 16.2. The Labute approximate surface area is 108 Å². The molecule has 0 aromatic carbocycles. The maximum atomic E-state index is 12.2. The zero-order chi connectivity index (χ0) is 13.2. The number of likely N-dealkylation sites (tertiary alicyclic amines) is 1. The maximum Gasteiger partial charge on any atom is 0.223 e. The molecule has 2 N–H and O–H groups in total. The number of hydrogen-bond acceptors (Lipinski definition) is 3. The zero-order valence-corrected chi connectivity index (χ0v) is 11.1. The van der Waals surface area contributed by atoms with Crippen LogP contribution in [0.4, 0.5) is 0 Å². The number of aromatic nitrogens is 1. The first-order valence-corrected chi connectivity index (χ1v) is 6.44. The minimum atomic E-state index is -0.106. The zero-order valence-electron chi connectivity index (χ0n) is 11.1. The number of carbonyl (C=O) groups excluding carboxylic acids is 1. The summed E-state index contributed by atoms with van der Waals surface area (Å²) < 4.78 is 0. The lowest BCUT2D eigenvalue weighted by molar-refractivity contribution is -0.134. The van der Waals surface area contributed by atoms with Crippen LogP contribution in [0.15, 0.2) is 24.5 Å². The molecule has 0 spiro atoms. The van der Waals surface area contributed by atoms with E-state index in [1.807, 2.05) is 23.2 Å². The van der Waals surface area contributed by atoms with Crippen LogP contribution in [-0.4, -0.2) is 33.9 Å². The van der Waals surface area contributed by atoms with Crippen molar-refractivity contribution in [1.29, 1.82) is 0 Å². The number of rotatable bonds is 3. The molecule has 0 saturated carbocycles. The van der Waals surface area contributed by atoms with Gasteiger partial charge in [0.1, 0.15) is 0 Å². The van der Waals surface area contributed by atoms with Gasteiger partial charge in [0.15, 0.2) is 0 Å². The molecule has 1 atom stereocenters. The van der Waals surface area contributed by atoms with Crippen LogP contribution in [0.2, 0.25) is 0 Å². The van der Waals surface area contributed by atoms with E-state index in [1.54, 1.807) is 6.20 Å². The molecule has 2 rings (SSSR count). The van der Waals surface area contributed by atoms with Gasteiger partial charge in [-0.1, -0.05) is 6.07 Å². The van der Waals surface area contributed by atoms with Gasteiger partial charge < -0.3 is 10.6 Å². The summed E-state index contributed by atoms with van der Waals surface area (Å²) in [6.07, 6.45) is 5.71. The van der Waals surface area contributed by atoms with Gasteiger partial charge in [0.2, 0.25) is 5.91 Å². The van der Waals surface area contributed by atoms with Gasteiger partial charge in [0.05, 0.1) is 0 Å². The summed E-state index contributed by atoms with van der Waals surface area (Å²) in [5.41, 5.74) is 6.94. The van der Waals surface area contributed by atoms with Gasteiger partial charge in [-0.25, -0.2) is 0 Å². The summed E-state index contributed by atoms with van der Waals surface area (Å²) in [7, 11) is 0. The van der Waals surface area contributed by atoms with Crippen molar-refractivity contribution < 1.29 is 4.79 Å². The fourth-order valence-electron chi connectivity index (χ4n) is 2.67. The van der Waals surface area contributed by atoms with Crippen molar-refractivity contribution >= 4 is 5.91 Å². The van der Waals surface area contributed by atoms with Gasteiger partial charge in [-0.2, -0.15) is 0 Å². The lowest BCUT2D eigenvalue weighted by atomic mass is 10.00. The molecule has 18 heavy (non-hydrogen) atoms. The van der Waals surface area contributed by atoms with Crippen LogP contribution < -0.4 is 5.73 Å². The fourth-order valence-corrected chi connectivity index (χ4v) is 2.67. The van der Waals surface area contributed by atoms with Gasteiger partial charge >= 0.3 is 0 Å². The molecule has 98 valence electrons. The molecule has 0 radical (unpaired) electrons. The third-order valence-corrected chi connectivity index (χ3v) is 3.56. The summed E-state index contributed by atoms with van der Waals surface area (Å²) in [5.74, 6) is 0.191. The predicted octanol–water partition coefficient (Wildman–Crippen LogP) is 1.35. The Balaban J connectivity index is 1.93. The van der Waals surface area contributed by atoms with Gasteiger partial charge in [-0.05, 0) is 38.3 Å². The molecule has 4 heteroatoms. The smallest absolute Gasteiger partial charge is 0.223 e. The van der Waals surface area contributed by atoms with E-state index in [9.17, 15) is 4.79 Å². The van der Waals surface area contributed by atoms with Crippen molar-refractivity contribution in [3.63, 3.8) is 0 Å². The second kappa shape index (κ2) is 5.06. The summed E-state index contributed by atoms with van der Waals surface area (Å²) in [5, 5.41) is 0. The number of hydrogen-bond donors (Lipinski definition) is 1. The van der Waals surface area contributed by atoms with Gasteiger partial charge in [-0.15, -0.1) is 0 Å². The van der Waals surface area contributed by atoms with Gasteiger partial charge in [0, 0.05) is 36.9 Å². The van der Waals surface area contributed by atoms with Crippen molar-refractivity contribution in [2.24, 2.45) is 5.73 Å². The number of nitrogens with zero attached hydrogens (tertiary/aromatic N) is 2. The van der Waals surface area contributed by atoms with E-state index in [2.05, 4.69) is 18.8 Å². The second-order valence-electron chi connectivity index (χ2n) is 5.64. The second-order valence-corrected chi connectivity index (χ2v) is 5.64. The standard InChI is InChI=1S/C14H21N3O/c1-14(2)8-12(15)10-17(14)13(18)6-5-11-4-3-7-16-9-11/h3-4,7,9,12H,5-6,8,10,15H2,1-2H3. The van der Waals surface area contributed by atoms with E-state index in [1.165, 1.54) is 0 Å². The molecule has 4 nitrogen and oxygen atoms in total. The first-order chi connectivity index (χ1) is 8.49. The van der Waals surface area contributed by atoms with E-state index in [-0.39, 0.29) is 17.5 Å². The number of carbonyl (C=O) groups is 1. The molecule has 1 aromatic rings. The highest BCUT2D eigenvalue weighted by Gasteiger charge is 2.39. The van der Waals surface area contributed by atoms with E-state index in [0.29, 0.717) is 13.0 Å². The summed E-state index contributed by atoms with van der Waals surface area (Å²) >= 11 is 0. The Morgan fingerprint density at radius 3 is 2.94 bits per heavy atom. The van der Waals surface area contributed by atoms with Gasteiger partial charge in [-0.3, -0.25) is 9.78 Å². The normalized spacial score (nSPS) is 22.2.